The normalized spacial score (nSPS) is 25.4. The Labute approximate surface area is 146 Å². The molecular weight excluding hydrogens is 327 g/mol. The number of ether oxygens (including phenoxy) is 1. The number of carbonyl (C=O) groups is 2. The molecule has 2 aliphatic rings. The van der Waals surface area contributed by atoms with E-state index >= 15 is 0 Å². The first-order valence-electron chi connectivity index (χ1n) is 8.48. The van der Waals surface area contributed by atoms with Gasteiger partial charge in [-0.15, -0.1) is 0 Å². The van der Waals surface area contributed by atoms with E-state index in [1.807, 2.05) is 0 Å². The standard InChI is InChI=1S/C18H23FN2O4/c1-21-14(23)9-25-16(15(21)12-5-2-3-6-13(12)19)17(24)20-10-18(11-22)7-4-8-18/h2-3,5-6,15-16,22H,4,7-11H2,1H3,(H,20,24)/t15-,16-/m1/s1. The van der Waals surface area contributed by atoms with Crippen LogP contribution in [0.1, 0.15) is 30.9 Å². The van der Waals surface area contributed by atoms with E-state index < -0.39 is 23.9 Å². The molecule has 2 atom stereocenters. The van der Waals surface area contributed by atoms with Gasteiger partial charge in [-0.3, -0.25) is 9.59 Å². The van der Waals surface area contributed by atoms with Crippen LogP contribution < -0.4 is 5.32 Å². The molecule has 0 spiro atoms. The highest BCUT2D eigenvalue weighted by atomic mass is 19.1. The first-order valence-corrected chi connectivity index (χ1v) is 8.48. The molecule has 6 nitrogen and oxygen atoms in total. The van der Waals surface area contributed by atoms with Gasteiger partial charge in [0.05, 0.1) is 12.6 Å². The van der Waals surface area contributed by atoms with E-state index in [1.165, 1.54) is 11.0 Å². The van der Waals surface area contributed by atoms with Gasteiger partial charge in [-0.05, 0) is 18.9 Å². The Morgan fingerprint density at radius 1 is 1.44 bits per heavy atom. The van der Waals surface area contributed by atoms with Gasteiger partial charge in [0.2, 0.25) is 5.91 Å². The molecule has 1 aliphatic carbocycles. The molecule has 0 aromatic heterocycles. The van der Waals surface area contributed by atoms with E-state index in [1.54, 1.807) is 25.2 Å². The molecular formula is C18H23FN2O4. The number of hydrogen-bond donors (Lipinski definition) is 2. The Hall–Kier alpha value is -1.99. The number of nitrogens with zero attached hydrogens (tertiary/aromatic N) is 1. The van der Waals surface area contributed by atoms with Gasteiger partial charge in [0, 0.05) is 24.6 Å². The molecule has 136 valence electrons. The third kappa shape index (κ3) is 3.39. The lowest BCUT2D eigenvalue weighted by atomic mass is 9.69. The molecule has 3 rings (SSSR count). The summed E-state index contributed by atoms with van der Waals surface area (Å²) in [6, 6.07) is 5.25. The minimum atomic E-state index is -0.990. The van der Waals surface area contributed by atoms with Gasteiger partial charge in [-0.1, -0.05) is 24.6 Å². The molecule has 0 radical (unpaired) electrons. The van der Waals surface area contributed by atoms with Crippen molar-refractivity contribution in [3.63, 3.8) is 0 Å². The first kappa shape index (κ1) is 17.8. The summed E-state index contributed by atoms with van der Waals surface area (Å²) in [5, 5.41) is 12.3. The topological polar surface area (TPSA) is 78.9 Å². The number of aliphatic hydroxyl groups is 1. The number of morpholine rings is 1. The lowest BCUT2D eigenvalue weighted by molar-refractivity contribution is -0.162. The SMILES string of the molecule is CN1C(=O)CO[C@@H](C(=O)NCC2(CO)CCC2)[C@H]1c1ccccc1F. The van der Waals surface area contributed by atoms with Crippen molar-refractivity contribution in [2.75, 3.05) is 26.8 Å². The van der Waals surface area contributed by atoms with Crippen LogP contribution >= 0.6 is 0 Å². The molecule has 2 N–H and O–H groups in total. The number of aliphatic hydroxyl groups excluding tert-OH is 1. The molecule has 25 heavy (non-hydrogen) atoms. The van der Waals surface area contributed by atoms with E-state index in [0.717, 1.165) is 19.3 Å². The van der Waals surface area contributed by atoms with E-state index in [2.05, 4.69) is 5.32 Å². The second-order valence-electron chi connectivity index (χ2n) is 6.93. The number of carbonyl (C=O) groups excluding carboxylic acids is 2. The number of benzene rings is 1. The maximum absolute atomic E-state index is 14.2. The van der Waals surface area contributed by atoms with Crippen LogP contribution in [0, 0.1) is 11.2 Å². The summed E-state index contributed by atoms with van der Waals surface area (Å²) in [6.07, 6.45) is 1.77. The second kappa shape index (κ2) is 7.09. The summed E-state index contributed by atoms with van der Waals surface area (Å²) < 4.78 is 19.7. The smallest absolute Gasteiger partial charge is 0.251 e. The van der Waals surface area contributed by atoms with Crippen molar-refractivity contribution in [2.24, 2.45) is 5.41 Å². The van der Waals surface area contributed by atoms with Gasteiger partial charge in [-0.25, -0.2) is 4.39 Å². The molecule has 2 amide bonds. The summed E-state index contributed by atoms with van der Waals surface area (Å²) in [6.45, 7) is 0.155. The van der Waals surface area contributed by atoms with Crippen LogP contribution in [0.5, 0.6) is 0 Å². The van der Waals surface area contributed by atoms with Gasteiger partial charge < -0.3 is 20.1 Å². The highest BCUT2D eigenvalue weighted by Gasteiger charge is 2.43. The van der Waals surface area contributed by atoms with Crippen LogP contribution in [-0.4, -0.2) is 54.7 Å². The molecule has 1 aliphatic heterocycles. The summed E-state index contributed by atoms with van der Waals surface area (Å²) >= 11 is 0. The Morgan fingerprint density at radius 2 is 2.16 bits per heavy atom. The van der Waals surface area contributed by atoms with Gasteiger partial charge >= 0.3 is 0 Å². The van der Waals surface area contributed by atoms with Crippen molar-refractivity contribution in [1.82, 2.24) is 10.2 Å². The van der Waals surface area contributed by atoms with Crippen LogP contribution in [0.25, 0.3) is 0 Å². The van der Waals surface area contributed by atoms with Crippen LogP contribution in [-0.2, 0) is 14.3 Å². The zero-order chi connectivity index (χ0) is 18.0. The fourth-order valence-corrected chi connectivity index (χ4v) is 3.46. The monoisotopic (exact) mass is 350 g/mol. The van der Waals surface area contributed by atoms with E-state index in [0.29, 0.717) is 6.54 Å². The van der Waals surface area contributed by atoms with Gasteiger partial charge in [0.15, 0.2) is 6.10 Å². The van der Waals surface area contributed by atoms with Crippen molar-refractivity contribution >= 4 is 11.8 Å². The van der Waals surface area contributed by atoms with Gasteiger partial charge in [-0.2, -0.15) is 0 Å². The second-order valence-corrected chi connectivity index (χ2v) is 6.93. The minimum absolute atomic E-state index is 0.0218. The predicted octanol–water partition coefficient (Wildman–Crippen LogP) is 1.00. The van der Waals surface area contributed by atoms with Crippen molar-refractivity contribution in [1.29, 1.82) is 0 Å². The molecule has 2 fully saturated rings. The Kier molecular flexibility index (Phi) is 5.06. The van der Waals surface area contributed by atoms with Crippen LogP contribution in [0.3, 0.4) is 0 Å². The lowest BCUT2D eigenvalue weighted by Crippen LogP contribution is -2.55. The minimum Gasteiger partial charge on any atom is -0.396 e. The summed E-state index contributed by atoms with van der Waals surface area (Å²) in [4.78, 5) is 26.0. The number of rotatable bonds is 5. The molecule has 1 heterocycles. The first-order chi connectivity index (χ1) is 12.0. The maximum Gasteiger partial charge on any atom is 0.251 e. The third-order valence-corrected chi connectivity index (χ3v) is 5.35. The zero-order valence-electron chi connectivity index (χ0n) is 14.2. The van der Waals surface area contributed by atoms with Crippen molar-refractivity contribution in [3.8, 4) is 0 Å². The Bertz CT molecular complexity index is 657. The Balaban J connectivity index is 1.78. The fourth-order valence-electron chi connectivity index (χ4n) is 3.46. The molecule has 0 bridgehead atoms. The number of likely N-dealkylation sites (N-methyl/N-ethyl adjacent to an activating group) is 1. The summed E-state index contributed by atoms with van der Waals surface area (Å²) in [5.74, 6) is -1.18. The molecule has 1 saturated heterocycles. The Morgan fingerprint density at radius 3 is 2.76 bits per heavy atom. The average molecular weight is 350 g/mol. The van der Waals surface area contributed by atoms with E-state index in [9.17, 15) is 19.1 Å². The quantitative estimate of drug-likeness (QED) is 0.831. The van der Waals surface area contributed by atoms with E-state index in [-0.39, 0.29) is 30.1 Å². The van der Waals surface area contributed by atoms with Crippen molar-refractivity contribution in [3.05, 3.63) is 35.6 Å². The molecule has 1 saturated carbocycles. The number of amides is 2. The zero-order valence-corrected chi connectivity index (χ0v) is 14.2. The highest BCUT2D eigenvalue weighted by molar-refractivity contribution is 5.86. The summed E-state index contributed by atoms with van der Waals surface area (Å²) in [5.41, 5.74) is -0.0155. The van der Waals surface area contributed by atoms with Crippen molar-refractivity contribution in [2.45, 2.75) is 31.4 Å². The molecule has 1 aromatic rings. The number of hydrogen-bond acceptors (Lipinski definition) is 4. The molecule has 0 unspecified atom stereocenters. The fraction of sp³-hybridized carbons (Fsp3) is 0.556. The maximum atomic E-state index is 14.2. The van der Waals surface area contributed by atoms with Gasteiger partial charge in [0.25, 0.3) is 5.91 Å². The molecule has 1 aromatic carbocycles. The van der Waals surface area contributed by atoms with Gasteiger partial charge in [0.1, 0.15) is 12.4 Å². The van der Waals surface area contributed by atoms with Crippen LogP contribution in [0.15, 0.2) is 24.3 Å². The highest BCUT2D eigenvalue weighted by Crippen LogP contribution is 2.40. The largest absolute Gasteiger partial charge is 0.396 e. The van der Waals surface area contributed by atoms with Crippen LogP contribution in [0.4, 0.5) is 4.39 Å². The molecule has 7 heteroatoms. The average Bonchev–Trinajstić information content (AvgIpc) is 2.57. The van der Waals surface area contributed by atoms with Crippen LogP contribution in [0.2, 0.25) is 0 Å². The summed E-state index contributed by atoms with van der Waals surface area (Å²) in [7, 11) is 1.55. The predicted molar refractivity (Wildman–Crippen MR) is 88.0 cm³/mol. The van der Waals surface area contributed by atoms with Crippen molar-refractivity contribution < 1.29 is 23.8 Å². The lowest BCUT2D eigenvalue weighted by Gasteiger charge is -2.42. The number of nitrogens with one attached hydrogen (secondary N) is 1. The number of halogens is 1. The third-order valence-electron chi connectivity index (χ3n) is 5.35. The van der Waals surface area contributed by atoms with E-state index in [4.69, 9.17) is 4.74 Å².